The number of allylic oxidation sites excluding steroid dienone is 3. The molecule has 0 amide bonds. The molecule has 1 unspecified atom stereocenters. The van der Waals surface area contributed by atoms with Gasteiger partial charge in [0.25, 0.3) is 11.4 Å². The van der Waals surface area contributed by atoms with Crippen molar-refractivity contribution in [2.24, 2.45) is 5.92 Å². The third kappa shape index (κ3) is 5.85. The second kappa shape index (κ2) is 10.6. The molecule has 0 aromatic heterocycles. The summed E-state index contributed by atoms with van der Waals surface area (Å²) in [5.41, 5.74) is -1.03. The van der Waals surface area contributed by atoms with E-state index >= 15 is 0 Å². The molecule has 16 heteroatoms. The molecule has 2 rings (SSSR count). The van der Waals surface area contributed by atoms with Gasteiger partial charge in [-0.05, 0) is 17.7 Å². The first-order chi connectivity index (χ1) is 12.8. The van der Waals surface area contributed by atoms with Crippen molar-refractivity contribution in [2.75, 3.05) is 0 Å². The van der Waals surface area contributed by atoms with E-state index in [2.05, 4.69) is 0 Å². The Kier molecular flexibility index (Phi) is 10.3. The molecule has 1 aliphatic rings. The van der Waals surface area contributed by atoms with E-state index in [-0.39, 0.29) is 76.4 Å². The molecule has 0 bridgehead atoms. The van der Waals surface area contributed by atoms with E-state index in [0.29, 0.717) is 0 Å². The topological polar surface area (TPSA) is 201 Å². The van der Waals surface area contributed by atoms with Gasteiger partial charge in [0, 0.05) is 30.2 Å². The Hall–Kier alpha value is -0.940. The van der Waals surface area contributed by atoms with Gasteiger partial charge in [-0.1, -0.05) is 18.2 Å². The van der Waals surface area contributed by atoms with Crippen LogP contribution in [0.5, 0.6) is 0 Å². The van der Waals surface area contributed by atoms with Gasteiger partial charge in [0.15, 0.2) is 4.08 Å². The number of benzene rings is 1. The van der Waals surface area contributed by atoms with Crippen molar-refractivity contribution in [3.8, 4) is 0 Å². The zero-order valence-corrected chi connectivity index (χ0v) is 21.2. The molecule has 1 atom stereocenters. The smallest absolute Gasteiger partial charge is 0.746 e. The molecule has 0 radical (unpaired) electrons. The minimum absolute atomic E-state index is 0. The van der Waals surface area contributed by atoms with Crippen LogP contribution in [-0.2, 0) is 20.2 Å². The van der Waals surface area contributed by atoms with Gasteiger partial charge in [0.05, 0.1) is 9.85 Å². The minimum Gasteiger partial charge on any atom is -0.746 e. The summed E-state index contributed by atoms with van der Waals surface area (Å²) in [5.74, 6) is -1.86. The van der Waals surface area contributed by atoms with Crippen molar-refractivity contribution in [3.05, 3.63) is 80.1 Å². The van der Waals surface area contributed by atoms with Crippen LogP contribution in [0.1, 0.15) is 5.56 Å². The first-order valence-corrected chi connectivity index (χ1v) is 10.0. The fourth-order valence-corrected chi connectivity index (χ4v) is 5.03. The molecule has 30 heavy (non-hydrogen) atoms. The van der Waals surface area contributed by atoms with E-state index in [1.807, 2.05) is 0 Å². The predicted octanol–water partition coefficient (Wildman–Crippen LogP) is -5.25. The summed E-state index contributed by atoms with van der Waals surface area (Å²) in [7, 11) is -11.8. The Morgan fingerprint density at radius 3 is 1.80 bits per heavy atom. The Balaban J connectivity index is 0.00000420. The number of nitro benzene ring substituents is 1. The van der Waals surface area contributed by atoms with Crippen LogP contribution < -0.4 is 59.1 Å². The monoisotopic (exact) mass is 476 g/mol. The average molecular weight is 476 g/mol. The van der Waals surface area contributed by atoms with E-state index in [1.54, 1.807) is 0 Å². The summed E-state index contributed by atoms with van der Waals surface area (Å²) in [6.07, 6.45) is 3.53. The van der Waals surface area contributed by atoms with Crippen LogP contribution in [0.2, 0.25) is 0 Å². The van der Waals surface area contributed by atoms with Gasteiger partial charge in [-0.15, -0.1) is 0 Å². The number of nitrogens with zero attached hydrogens (tertiary/aromatic N) is 2. The van der Waals surface area contributed by atoms with E-state index in [9.17, 15) is 46.2 Å². The summed E-state index contributed by atoms with van der Waals surface area (Å²) in [6.45, 7) is 0. The van der Waals surface area contributed by atoms with Gasteiger partial charge >= 0.3 is 59.1 Å². The molecule has 0 heterocycles. The summed E-state index contributed by atoms with van der Waals surface area (Å²) in [4.78, 5) is 19.7. The van der Waals surface area contributed by atoms with Crippen LogP contribution in [0.25, 0.3) is 6.08 Å². The molecule has 150 valence electrons. The molecular formula is C14H10N2Na2O10S2. The first-order valence-electron chi connectivity index (χ1n) is 7.18. The maximum Gasteiger partial charge on any atom is 1.00 e. The molecule has 12 nitrogen and oxygen atoms in total. The van der Waals surface area contributed by atoms with Crippen molar-refractivity contribution in [1.82, 2.24) is 0 Å². The summed E-state index contributed by atoms with van der Waals surface area (Å²) >= 11 is 0. The molecule has 0 aliphatic heterocycles. The second-order valence-electron chi connectivity index (χ2n) is 5.55. The first kappa shape index (κ1) is 29.1. The molecule has 1 aliphatic carbocycles. The third-order valence-electron chi connectivity index (χ3n) is 3.88. The van der Waals surface area contributed by atoms with Crippen LogP contribution in [0.3, 0.4) is 0 Å². The summed E-state index contributed by atoms with van der Waals surface area (Å²) in [6, 6.07) is 4.73. The van der Waals surface area contributed by atoms with Gasteiger partial charge < -0.3 is 9.11 Å². The van der Waals surface area contributed by atoms with Crippen molar-refractivity contribution < 1.29 is 94.9 Å². The third-order valence-corrected chi connectivity index (χ3v) is 7.45. The molecule has 0 spiro atoms. The van der Waals surface area contributed by atoms with Crippen LogP contribution in [0.15, 0.2) is 54.3 Å². The normalized spacial score (nSPS) is 18.1. The SMILES string of the molecule is O=[N+]([O-])C1=CC(S(=O)(=O)[O-])(S(=O)(=O)[O-])C(C=Cc2ccc([N+](=O)[O-])cc2)C=C1.[Na+].[Na+]. The Morgan fingerprint density at radius 2 is 1.40 bits per heavy atom. The molecule has 1 aromatic carbocycles. The number of non-ortho nitro benzene ring substituents is 1. The number of hydrogen-bond acceptors (Lipinski definition) is 10. The standard InChI is InChI=1S/C14H12N2O10S2.2Na/c17-15(18)12-6-2-10(3-7-12)1-4-11-5-8-13(16(19)20)9-14(11,27(21,22)23)28(24,25)26;;/h1-9,11H,(H,21,22,23)(H,24,25,26);;/q;2*+1/p-2. The van der Waals surface area contributed by atoms with Gasteiger partial charge in [0.1, 0.15) is 20.2 Å². The van der Waals surface area contributed by atoms with Crippen LogP contribution >= 0.6 is 0 Å². The van der Waals surface area contributed by atoms with E-state index < -0.39 is 45.8 Å². The quantitative estimate of drug-likeness (QED) is 0.165. The van der Waals surface area contributed by atoms with Gasteiger partial charge in [-0.2, -0.15) is 0 Å². The molecule has 0 saturated carbocycles. The Labute approximate surface area is 215 Å². The number of hydrogen-bond donors (Lipinski definition) is 0. The molecular weight excluding hydrogens is 466 g/mol. The fraction of sp³-hybridized carbons (Fsp3) is 0.143. The molecule has 0 N–H and O–H groups in total. The molecule has 1 aromatic rings. The van der Waals surface area contributed by atoms with Crippen LogP contribution in [0, 0.1) is 26.1 Å². The minimum atomic E-state index is -5.91. The molecule has 0 saturated heterocycles. The zero-order chi connectivity index (χ0) is 21.3. The van der Waals surface area contributed by atoms with E-state index in [0.717, 1.165) is 36.4 Å². The zero-order valence-electron chi connectivity index (χ0n) is 15.6. The van der Waals surface area contributed by atoms with Gasteiger partial charge in [-0.25, -0.2) is 16.8 Å². The Morgan fingerprint density at radius 1 is 0.900 bits per heavy atom. The van der Waals surface area contributed by atoms with Crippen LogP contribution in [-0.4, -0.2) is 39.9 Å². The molecule has 0 fully saturated rings. The van der Waals surface area contributed by atoms with Gasteiger partial charge in [0.2, 0.25) is 0 Å². The second-order valence-corrected chi connectivity index (χ2v) is 8.97. The van der Waals surface area contributed by atoms with Crippen molar-refractivity contribution in [1.29, 1.82) is 0 Å². The average Bonchev–Trinajstić information content (AvgIpc) is 2.58. The van der Waals surface area contributed by atoms with Crippen molar-refractivity contribution >= 4 is 32.0 Å². The van der Waals surface area contributed by atoms with Crippen molar-refractivity contribution in [3.63, 3.8) is 0 Å². The van der Waals surface area contributed by atoms with Crippen LogP contribution in [0.4, 0.5) is 5.69 Å². The summed E-state index contributed by atoms with van der Waals surface area (Å²) < 4.78 is 66.7. The van der Waals surface area contributed by atoms with E-state index in [4.69, 9.17) is 0 Å². The van der Waals surface area contributed by atoms with E-state index in [1.165, 1.54) is 12.1 Å². The number of rotatable bonds is 6. The predicted molar refractivity (Wildman–Crippen MR) is 92.0 cm³/mol. The Bertz CT molecular complexity index is 1090. The maximum absolute atomic E-state index is 11.7. The van der Waals surface area contributed by atoms with Crippen molar-refractivity contribution in [2.45, 2.75) is 4.08 Å². The largest absolute Gasteiger partial charge is 1.00 e. The summed E-state index contributed by atoms with van der Waals surface area (Å²) in [5, 5.41) is 21.5. The van der Waals surface area contributed by atoms with Gasteiger partial charge in [-0.3, -0.25) is 20.2 Å². The number of nitro groups is 2. The fourth-order valence-electron chi connectivity index (χ4n) is 2.52. The maximum atomic E-state index is 11.7.